The van der Waals surface area contributed by atoms with E-state index in [0.29, 0.717) is 24.4 Å². The third-order valence-electron chi connectivity index (χ3n) is 3.12. The SMILES string of the molecule is C=C(Cc1ccc2c(c1)OCO2)C(=O)OCCCCC. The molecule has 0 saturated heterocycles. The zero-order chi connectivity index (χ0) is 14.4. The lowest BCUT2D eigenvalue weighted by Gasteiger charge is -2.07. The van der Waals surface area contributed by atoms with Crippen LogP contribution in [0.1, 0.15) is 31.7 Å². The normalized spacial score (nSPS) is 12.2. The summed E-state index contributed by atoms with van der Waals surface area (Å²) in [5.74, 6) is 1.13. The highest BCUT2D eigenvalue weighted by Gasteiger charge is 2.15. The van der Waals surface area contributed by atoms with Crippen molar-refractivity contribution in [1.29, 1.82) is 0 Å². The molecule has 0 aromatic heterocycles. The minimum Gasteiger partial charge on any atom is -0.462 e. The summed E-state index contributed by atoms with van der Waals surface area (Å²) in [7, 11) is 0. The van der Waals surface area contributed by atoms with Gasteiger partial charge in [-0.2, -0.15) is 0 Å². The maximum absolute atomic E-state index is 11.8. The van der Waals surface area contributed by atoms with Crippen LogP contribution in [0.4, 0.5) is 0 Å². The molecule has 1 aromatic rings. The molecule has 0 N–H and O–H groups in total. The number of esters is 1. The number of hydrogen-bond acceptors (Lipinski definition) is 4. The highest BCUT2D eigenvalue weighted by Crippen LogP contribution is 2.33. The fourth-order valence-corrected chi connectivity index (χ4v) is 1.99. The Balaban J connectivity index is 1.83. The van der Waals surface area contributed by atoms with Gasteiger partial charge in [-0.25, -0.2) is 4.79 Å². The molecule has 4 heteroatoms. The van der Waals surface area contributed by atoms with Gasteiger partial charge in [-0.15, -0.1) is 0 Å². The molecule has 0 atom stereocenters. The molecule has 0 fully saturated rings. The lowest BCUT2D eigenvalue weighted by molar-refractivity contribution is -0.139. The Labute approximate surface area is 119 Å². The van der Waals surface area contributed by atoms with Crippen molar-refractivity contribution in [2.45, 2.75) is 32.6 Å². The van der Waals surface area contributed by atoms with Gasteiger partial charge < -0.3 is 14.2 Å². The van der Waals surface area contributed by atoms with Crippen LogP contribution >= 0.6 is 0 Å². The van der Waals surface area contributed by atoms with Crippen LogP contribution in [0.3, 0.4) is 0 Å². The van der Waals surface area contributed by atoms with Gasteiger partial charge in [0, 0.05) is 12.0 Å². The van der Waals surface area contributed by atoms with Gasteiger partial charge in [-0.3, -0.25) is 0 Å². The first-order valence-corrected chi connectivity index (χ1v) is 6.94. The maximum atomic E-state index is 11.8. The first-order valence-electron chi connectivity index (χ1n) is 6.94. The standard InChI is InChI=1S/C16H20O4/c1-3-4-5-8-18-16(17)12(2)9-13-6-7-14-15(10-13)20-11-19-14/h6-7,10H,2-5,8-9,11H2,1H3. The zero-order valence-electron chi connectivity index (χ0n) is 11.8. The fraction of sp³-hybridized carbons (Fsp3) is 0.438. The lowest BCUT2D eigenvalue weighted by Crippen LogP contribution is -2.10. The second kappa shape index (κ2) is 6.98. The molecule has 1 heterocycles. The van der Waals surface area contributed by atoms with Crippen molar-refractivity contribution in [3.63, 3.8) is 0 Å². The molecular weight excluding hydrogens is 256 g/mol. The summed E-state index contributed by atoms with van der Waals surface area (Å²) in [6.07, 6.45) is 3.54. The summed E-state index contributed by atoms with van der Waals surface area (Å²) in [6.45, 7) is 6.62. The molecule has 2 rings (SSSR count). The number of carbonyl (C=O) groups is 1. The minimum absolute atomic E-state index is 0.249. The predicted molar refractivity (Wildman–Crippen MR) is 75.9 cm³/mol. The van der Waals surface area contributed by atoms with Crippen molar-refractivity contribution >= 4 is 5.97 Å². The number of fused-ring (bicyclic) bond motifs is 1. The van der Waals surface area contributed by atoms with E-state index in [1.165, 1.54) is 0 Å². The van der Waals surface area contributed by atoms with Crippen molar-refractivity contribution in [3.8, 4) is 11.5 Å². The van der Waals surface area contributed by atoms with Crippen LogP contribution in [0.25, 0.3) is 0 Å². The van der Waals surface area contributed by atoms with Gasteiger partial charge in [0.25, 0.3) is 0 Å². The molecule has 0 unspecified atom stereocenters. The smallest absolute Gasteiger partial charge is 0.333 e. The van der Waals surface area contributed by atoms with Crippen LogP contribution in [0.5, 0.6) is 11.5 Å². The Bertz CT molecular complexity index is 493. The summed E-state index contributed by atoms with van der Waals surface area (Å²) >= 11 is 0. The summed E-state index contributed by atoms with van der Waals surface area (Å²) in [5, 5.41) is 0. The van der Waals surface area contributed by atoms with E-state index in [9.17, 15) is 4.79 Å². The Morgan fingerprint density at radius 1 is 1.30 bits per heavy atom. The van der Waals surface area contributed by atoms with Gasteiger partial charge in [-0.05, 0) is 24.1 Å². The van der Waals surface area contributed by atoms with E-state index in [0.717, 1.165) is 30.6 Å². The predicted octanol–water partition coefficient (Wildman–Crippen LogP) is 3.25. The quantitative estimate of drug-likeness (QED) is 0.435. The fourth-order valence-electron chi connectivity index (χ4n) is 1.99. The van der Waals surface area contributed by atoms with Crippen LogP contribution in [0, 0.1) is 0 Å². The highest BCUT2D eigenvalue weighted by molar-refractivity contribution is 5.88. The Morgan fingerprint density at radius 3 is 2.90 bits per heavy atom. The van der Waals surface area contributed by atoms with E-state index >= 15 is 0 Å². The molecule has 1 aliphatic heterocycles. The highest BCUT2D eigenvalue weighted by atomic mass is 16.7. The second-order valence-electron chi connectivity index (χ2n) is 4.81. The Hall–Kier alpha value is -1.97. The first-order chi connectivity index (χ1) is 9.70. The minimum atomic E-state index is -0.321. The molecule has 0 bridgehead atoms. The average Bonchev–Trinajstić information content (AvgIpc) is 2.90. The summed E-state index contributed by atoms with van der Waals surface area (Å²) in [4.78, 5) is 11.8. The van der Waals surface area contributed by atoms with Gasteiger partial charge in [-0.1, -0.05) is 32.4 Å². The van der Waals surface area contributed by atoms with Crippen molar-refractivity contribution in [3.05, 3.63) is 35.9 Å². The number of rotatable bonds is 7. The van der Waals surface area contributed by atoms with E-state index in [-0.39, 0.29) is 12.8 Å². The molecule has 4 nitrogen and oxygen atoms in total. The van der Waals surface area contributed by atoms with Crippen molar-refractivity contribution in [2.75, 3.05) is 13.4 Å². The van der Waals surface area contributed by atoms with E-state index in [4.69, 9.17) is 14.2 Å². The number of carbonyl (C=O) groups excluding carboxylic acids is 1. The number of hydrogen-bond donors (Lipinski definition) is 0. The topological polar surface area (TPSA) is 44.8 Å². The largest absolute Gasteiger partial charge is 0.462 e. The third-order valence-corrected chi connectivity index (χ3v) is 3.12. The number of benzene rings is 1. The average molecular weight is 276 g/mol. The Kier molecular flexibility index (Phi) is 5.04. The van der Waals surface area contributed by atoms with Gasteiger partial charge in [0.2, 0.25) is 6.79 Å². The van der Waals surface area contributed by atoms with Gasteiger partial charge >= 0.3 is 5.97 Å². The van der Waals surface area contributed by atoms with Crippen LogP contribution < -0.4 is 9.47 Å². The molecule has 0 spiro atoms. The zero-order valence-corrected chi connectivity index (χ0v) is 11.8. The van der Waals surface area contributed by atoms with Gasteiger partial charge in [0.15, 0.2) is 11.5 Å². The first kappa shape index (κ1) is 14.4. The molecular formula is C16H20O4. The van der Waals surface area contributed by atoms with Crippen LogP contribution in [0.15, 0.2) is 30.4 Å². The van der Waals surface area contributed by atoms with E-state index in [2.05, 4.69) is 13.5 Å². The molecule has 0 amide bonds. The maximum Gasteiger partial charge on any atom is 0.333 e. The van der Waals surface area contributed by atoms with Crippen molar-refractivity contribution < 1.29 is 19.0 Å². The molecule has 0 saturated carbocycles. The molecule has 1 aliphatic rings. The number of unbranched alkanes of at least 4 members (excludes halogenated alkanes) is 2. The summed E-state index contributed by atoms with van der Waals surface area (Å²) in [6, 6.07) is 5.62. The van der Waals surface area contributed by atoms with Crippen LogP contribution in [0.2, 0.25) is 0 Å². The van der Waals surface area contributed by atoms with Crippen molar-refractivity contribution in [1.82, 2.24) is 0 Å². The third kappa shape index (κ3) is 3.76. The summed E-state index contributed by atoms with van der Waals surface area (Å²) in [5.41, 5.74) is 1.42. The van der Waals surface area contributed by atoms with E-state index in [1.54, 1.807) is 0 Å². The second-order valence-corrected chi connectivity index (χ2v) is 4.81. The van der Waals surface area contributed by atoms with Crippen LogP contribution in [-0.4, -0.2) is 19.4 Å². The molecule has 0 radical (unpaired) electrons. The molecule has 0 aliphatic carbocycles. The van der Waals surface area contributed by atoms with Crippen LogP contribution in [-0.2, 0) is 16.0 Å². The Morgan fingerprint density at radius 2 is 2.10 bits per heavy atom. The molecule has 1 aromatic carbocycles. The lowest BCUT2D eigenvalue weighted by atomic mass is 10.1. The molecule has 20 heavy (non-hydrogen) atoms. The molecule has 108 valence electrons. The van der Waals surface area contributed by atoms with Gasteiger partial charge in [0.05, 0.1) is 6.61 Å². The van der Waals surface area contributed by atoms with E-state index < -0.39 is 0 Å². The number of ether oxygens (including phenoxy) is 3. The van der Waals surface area contributed by atoms with Gasteiger partial charge in [0.1, 0.15) is 0 Å². The van der Waals surface area contributed by atoms with Crippen molar-refractivity contribution in [2.24, 2.45) is 0 Å². The summed E-state index contributed by atoms with van der Waals surface area (Å²) < 4.78 is 15.7. The van der Waals surface area contributed by atoms with E-state index in [1.807, 2.05) is 18.2 Å². The monoisotopic (exact) mass is 276 g/mol.